The van der Waals surface area contributed by atoms with Gasteiger partial charge in [0, 0.05) is 16.6 Å². The molecule has 0 saturated heterocycles. The largest absolute Gasteiger partial charge is 0.481 e. The summed E-state index contributed by atoms with van der Waals surface area (Å²) in [4.78, 5) is 21.5. The maximum absolute atomic E-state index is 13.4. The Labute approximate surface area is 120 Å². The fourth-order valence-electron chi connectivity index (χ4n) is 1.21. The lowest BCUT2D eigenvalue weighted by atomic mass is 10.2. The van der Waals surface area contributed by atoms with Gasteiger partial charge in [0.25, 0.3) is 0 Å². The zero-order chi connectivity index (χ0) is 14.4. The molecule has 2 N–H and O–H groups in total. The van der Waals surface area contributed by atoms with Crippen LogP contribution in [-0.2, 0) is 16.1 Å². The molecule has 0 radical (unpaired) electrons. The summed E-state index contributed by atoms with van der Waals surface area (Å²) in [5.41, 5.74) is -0.236. The summed E-state index contributed by atoms with van der Waals surface area (Å²) in [6.45, 7) is -0.280. The first-order valence-corrected chi connectivity index (χ1v) is 7.04. The Morgan fingerprint density at radius 3 is 2.37 bits per heavy atom. The van der Waals surface area contributed by atoms with Gasteiger partial charge in [0.05, 0.1) is 11.5 Å². The smallest absolute Gasteiger partial charge is 0.313 e. The molecule has 0 aliphatic rings. The SMILES string of the molecule is O=C(O)CSCC(=O)NCc1c(F)cc(Br)cc1F. The lowest BCUT2D eigenvalue weighted by molar-refractivity contribution is -0.133. The van der Waals surface area contributed by atoms with E-state index in [0.717, 1.165) is 23.9 Å². The summed E-state index contributed by atoms with van der Waals surface area (Å²) in [6.07, 6.45) is 0. The minimum absolute atomic E-state index is 0.0773. The number of thioether (sulfide) groups is 1. The number of amides is 1. The third-order valence-corrected chi connectivity index (χ3v) is 3.40. The molecule has 0 fully saturated rings. The summed E-state index contributed by atoms with van der Waals surface area (Å²) < 4.78 is 27.1. The zero-order valence-corrected chi connectivity index (χ0v) is 12.0. The van der Waals surface area contributed by atoms with Crippen molar-refractivity contribution in [3.05, 3.63) is 33.8 Å². The molecule has 1 aromatic carbocycles. The number of aliphatic carboxylic acids is 1. The summed E-state index contributed by atoms with van der Waals surface area (Å²) in [5, 5.41) is 10.7. The Bertz CT molecular complexity index is 476. The molecule has 0 saturated carbocycles. The number of halogens is 3. The molecule has 0 atom stereocenters. The van der Waals surface area contributed by atoms with Crippen molar-refractivity contribution in [2.24, 2.45) is 0 Å². The van der Waals surface area contributed by atoms with E-state index in [1.165, 1.54) is 0 Å². The van der Waals surface area contributed by atoms with Gasteiger partial charge >= 0.3 is 5.97 Å². The molecule has 0 aliphatic heterocycles. The van der Waals surface area contributed by atoms with E-state index in [1.54, 1.807) is 0 Å². The van der Waals surface area contributed by atoms with E-state index in [2.05, 4.69) is 21.2 Å². The number of hydrogen-bond donors (Lipinski definition) is 2. The maximum atomic E-state index is 13.4. The molecular weight excluding hydrogens is 344 g/mol. The topological polar surface area (TPSA) is 66.4 Å². The molecule has 0 unspecified atom stereocenters. The average molecular weight is 354 g/mol. The number of carboxylic acids is 1. The highest BCUT2D eigenvalue weighted by atomic mass is 79.9. The molecule has 1 rings (SSSR count). The molecule has 0 bridgehead atoms. The molecule has 0 spiro atoms. The Balaban J connectivity index is 2.48. The minimum atomic E-state index is -1.03. The van der Waals surface area contributed by atoms with Crippen LogP contribution in [0.25, 0.3) is 0 Å². The maximum Gasteiger partial charge on any atom is 0.313 e. The van der Waals surface area contributed by atoms with E-state index < -0.39 is 23.5 Å². The first kappa shape index (κ1) is 15.9. The minimum Gasteiger partial charge on any atom is -0.481 e. The summed E-state index contributed by atoms with van der Waals surface area (Å²) >= 11 is 3.86. The second-order valence-electron chi connectivity index (χ2n) is 3.51. The Kier molecular flexibility index (Phi) is 6.23. The van der Waals surface area contributed by atoms with Crippen molar-refractivity contribution in [1.29, 1.82) is 0 Å². The molecule has 1 amide bonds. The van der Waals surface area contributed by atoms with Gasteiger partial charge in [0.15, 0.2) is 0 Å². The molecular formula is C11H10BrF2NO3S. The van der Waals surface area contributed by atoms with Crippen LogP contribution in [0.3, 0.4) is 0 Å². The first-order valence-electron chi connectivity index (χ1n) is 5.10. The fraction of sp³-hybridized carbons (Fsp3) is 0.273. The van der Waals surface area contributed by atoms with Gasteiger partial charge in [-0.1, -0.05) is 15.9 Å². The highest BCUT2D eigenvalue weighted by Gasteiger charge is 2.12. The number of carbonyl (C=O) groups excluding carboxylic acids is 1. The van der Waals surface area contributed by atoms with Gasteiger partial charge in [0.1, 0.15) is 11.6 Å². The zero-order valence-electron chi connectivity index (χ0n) is 9.58. The van der Waals surface area contributed by atoms with Gasteiger partial charge in [0.2, 0.25) is 5.91 Å². The molecule has 8 heteroatoms. The van der Waals surface area contributed by atoms with Gasteiger partial charge in [-0.25, -0.2) is 8.78 Å². The predicted octanol–water partition coefficient (Wildman–Crippen LogP) is 2.16. The van der Waals surface area contributed by atoms with E-state index in [9.17, 15) is 18.4 Å². The van der Waals surface area contributed by atoms with Crippen molar-refractivity contribution in [3.8, 4) is 0 Å². The molecule has 1 aromatic rings. The molecule has 0 heterocycles. The molecule has 104 valence electrons. The third kappa shape index (κ3) is 5.56. The van der Waals surface area contributed by atoms with Crippen LogP contribution >= 0.6 is 27.7 Å². The van der Waals surface area contributed by atoms with Crippen molar-refractivity contribution in [1.82, 2.24) is 5.32 Å². The number of carbonyl (C=O) groups is 2. The van der Waals surface area contributed by atoms with Crippen LogP contribution < -0.4 is 5.32 Å². The fourth-order valence-corrected chi connectivity index (χ4v) is 2.18. The van der Waals surface area contributed by atoms with E-state index >= 15 is 0 Å². The van der Waals surface area contributed by atoms with E-state index in [4.69, 9.17) is 5.11 Å². The molecule has 0 aliphatic carbocycles. The summed E-state index contributed by atoms with van der Waals surface area (Å²) in [6, 6.07) is 2.20. The highest BCUT2D eigenvalue weighted by molar-refractivity contribution is 9.10. The number of hydrogen-bond acceptors (Lipinski definition) is 3. The van der Waals surface area contributed by atoms with E-state index in [1.807, 2.05) is 0 Å². The summed E-state index contributed by atoms with van der Waals surface area (Å²) in [7, 11) is 0. The highest BCUT2D eigenvalue weighted by Crippen LogP contribution is 2.19. The lowest BCUT2D eigenvalue weighted by Crippen LogP contribution is -2.26. The van der Waals surface area contributed by atoms with Crippen LogP contribution in [0, 0.1) is 11.6 Å². The second kappa shape index (κ2) is 7.44. The number of rotatable bonds is 6. The van der Waals surface area contributed by atoms with Crippen LogP contribution in [0.5, 0.6) is 0 Å². The van der Waals surface area contributed by atoms with Gasteiger partial charge in [-0.2, -0.15) is 0 Å². The van der Waals surface area contributed by atoms with Gasteiger partial charge in [-0.3, -0.25) is 9.59 Å². The monoisotopic (exact) mass is 353 g/mol. The van der Waals surface area contributed by atoms with Gasteiger partial charge in [-0.15, -0.1) is 11.8 Å². The number of nitrogens with one attached hydrogen (secondary N) is 1. The van der Waals surface area contributed by atoms with Crippen molar-refractivity contribution in [2.75, 3.05) is 11.5 Å². The number of benzene rings is 1. The second-order valence-corrected chi connectivity index (χ2v) is 5.41. The Morgan fingerprint density at radius 1 is 1.26 bits per heavy atom. The predicted molar refractivity (Wildman–Crippen MR) is 70.9 cm³/mol. The van der Waals surface area contributed by atoms with Gasteiger partial charge < -0.3 is 10.4 Å². The summed E-state index contributed by atoms with van der Waals surface area (Å²) in [5.74, 6) is -3.30. The normalized spacial score (nSPS) is 10.3. The average Bonchev–Trinajstić information content (AvgIpc) is 2.26. The van der Waals surface area contributed by atoms with Crippen LogP contribution in [0.4, 0.5) is 8.78 Å². The molecule has 4 nitrogen and oxygen atoms in total. The van der Waals surface area contributed by atoms with Crippen LogP contribution in [0.2, 0.25) is 0 Å². The Morgan fingerprint density at radius 2 is 1.84 bits per heavy atom. The van der Waals surface area contributed by atoms with Crippen molar-refractivity contribution in [3.63, 3.8) is 0 Å². The number of carboxylic acid groups (broad SMARTS) is 1. The van der Waals surface area contributed by atoms with Gasteiger partial charge in [-0.05, 0) is 12.1 Å². The quantitative estimate of drug-likeness (QED) is 0.822. The van der Waals surface area contributed by atoms with E-state index in [0.29, 0.717) is 0 Å². The van der Waals surface area contributed by atoms with Crippen LogP contribution in [0.1, 0.15) is 5.56 Å². The molecule has 19 heavy (non-hydrogen) atoms. The van der Waals surface area contributed by atoms with Crippen molar-refractivity contribution >= 4 is 39.6 Å². The first-order chi connectivity index (χ1) is 8.90. The molecule has 0 aromatic heterocycles. The van der Waals surface area contributed by atoms with Crippen LogP contribution in [0.15, 0.2) is 16.6 Å². The lowest BCUT2D eigenvalue weighted by Gasteiger charge is -2.07. The van der Waals surface area contributed by atoms with Crippen molar-refractivity contribution in [2.45, 2.75) is 6.54 Å². The van der Waals surface area contributed by atoms with Crippen LogP contribution in [-0.4, -0.2) is 28.5 Å². The van der Waals surface area contributed by atoms with E-state index in [-0.39, 0.29) is 28.1 Å². The Hall–Kier alpha value is -1.15. The third-order valence-electron chi connectivity index (χ3n) is 2.03. The standard InChI is InChI=1S/C11H10BrF2NO3S/c12-6-1-8(13)7(9(14)2-6)3-15-10(16)4-19-5-11(17)18/h1-2H,3-5H2,(H,15,16)(H,17,18). The van der Waals surface area contributed by atoms with Crippen molar-refractivity contribution < 1.29 is 23.5 Å².